The minimum absolute atomic E-state index is 0.0373. The highest BCUT2D eigenvalue weighted by Gasteiger charge is 2.10. The van der Waals surface area contributed by atoms with Crippen LogP contribution in [0.3, 0.4) is 0 Å². The zero-order chi connectivity index (χ0) is 10.7. The number of hydrogen-bond donors (Lipinski definition) is 3. The van der Waals surface area contributed by atoms with Crippen LogP contribution in [0.5, 0.6) is 0 Å². The molecule has 78 valence electrons. The van der Waals surface area contributed by atoms with E-state index in [1.54, 1.807) is 6.20 Å². The van der Waals surface area contributed by atoms with Crippen molar-refractivity contribution in [3.05, 3.63) is 24.7 Å². The van der Waals surface area contributed by atoms with Gasteiger partial charge in [0.2, 0.25) is 0 Å². The standard InChI is InChI=1S/C8H11N7/c1-5(7-12-4-13-15-7)14-8-6(9)2-10-3-11-8/h2-5H,9H2,1H3,(H,10,11,14)(H,12,13,15). The van der Waals surface area contributed by atoms with Crippen LogP contribution in [0.4, 0.5) is 11.5 Å². The van der Waals surface area contributed by atoms with Gasteiger partial charge in [-0.25, -0.2) is 15.0 Å². The topological polar surface area (TPSA) is 105 Å². The van der Waals surface area contributed by atoms with Crippen LogP contribution in [0.2, 0.25) is 0 Å². The molecule has 0 aromatic carbocycles. The average Bonchev–Trinajstić information content (AvgIpc) is 2.74. The monoisotopic (exact) mass is 205 g/mol. The number of rotatable bonds is 3. The number of aromatic nitrogens is 5. The lowest BCUT2D eigenvalue weighted by atomic mass is 10.3. The Morgan fingerprint density at radius 3 is 2.93 bits per heavy atom. The number of aromatic amines is 1. The smallest absolute Gasteiger partial charge is 0.153 e. The molecule has 2 aromatic heterocycles. The zero-order valence-corrected chi connectivity index (χ0v) is 8.18. The van der Waals surface area contributed by atoms with Gasteiger partial charge in [0.25, 0.3) is 0 Å². The minimum Gasteiger partial charge on any atom is -0.394 e. The first-order chi connectivity index (χ1) is 7.27. The van der Waals surface area contributed by atoms with Gasteiger partial charge in [-0.1, -0.05) is 0 Å². The summed E-state index contributed by atoms with van der Waals surface area (Å²) in [5.74, 6) is 1.32. The van der Waals surface area contributed by atoms with Crippen LogP contribution in [-0.2, 0) is 0 Å². The van der Waals surface area contributed by atoms with Gasteiger partial charge in [-0.15, -0.1) is 0 Å². The molecular weight excluding hydrogens is 194 g/mol. The van der Waals surface area contributed by atoms with E-state index in [0.717, 1.165) is 5.82 Å². The molecule has 1 atom stereocenters. The zero-order valence-electron chi connectivity index (χ0n) is 8.18. The van der Waals surface area contributed by atoms with Gasteiger partial charge in [-0.3, -0.25) is 5.10 Å². The van der Waals surface area contributed by atoms with Crippen molar-refractivity contribution in [3.63, 3.8) is 0 Å². The van der Waals surface area contributed by atoms with Crippen molar-refractivity contribution < 1.29 is 0 Å². The van der Waals surface area contributed by atoms with Gasteiger partial charge in [-0.2, -0.15) is 5.10 Å². The fourth-order valence-corrected chi connectivity index (χ4v) is 1.16. The normalized spacial score (nSPS) is 12.3. The summed E-state index contributed by atoms with van der Waals surface area (Å²) < 4.78 is 0. The molecule has 15 heavy (non-hydrogen) atoms. The van der Waals surface area contributed by atoms with Gasteiger partial charge in [0.1, 0.15) is 18.5 Å². The summed E-state index contributed by atoms with van der Waals surface area (Å²) in [7, 11) is 0. The summed E-state index contributed by atoms with van der Waals surface area (Å²) in [6, 6.07) is -0.0373. The number of anilines is 2. The third kappa shape index (κ3) is 2.01. The van der Waals surface area contributed by atoms with Gasteiger partial charge in [0.15, 0.2) is 5.82 Å². The lowest BCUT2D eigenvalue weighted by molar-refractivity contribution is 0.790. The van der Waals surface area contributed by atoms with E-state index in [2.05, 4.69) is 30.5 Å². The summed E-state index contributed by atoms with van der Waals surface area (Å²) >= 11 is 0. The van der Waals surface area contributed by atoms with E-state index in [4.69, 9.17) is 5.73 Å². The first-order valence-electron chi connectivity index (χ1n) is 4.44. The number of nitrogens with zero attached hydrogens (tertiary/aromatic N) is 4. The minimum atomic E-state index is -0.0373. The molecule has 0 saturated heterocycles. The quantitative estimate of drug-likeness (QED) is 0.667. The summed E-state index contributed by atoms with van der Waals surface area (Å²) in [5, 5.41) is 9.64. The third-order valence-electron chi connectivity index (χ3n) is 1.94. The number of hydrogen-bond acceptors (Lipinski definition) is 6. The SMILES string of the molecule is CC(Nc1ncncc1N)c1ncn[nH]1. The Bertz CT molecular complexity index is 424. The fraction of sp³-hybridized carbons (Fsp3) is 0.250. The van der Waals surface area contributed by atoms with Crippen LogP contribution in [0, 0.1) is 0 Å². The first kappa shape index (κ1) is 9.38. The van der Waals surface area contributed by atoms with Crippen LogP contribution in [0.15, 0.2) is 18.9 Å². The van der Waals surface area contributed by atoms with Crippen molar-refractivity contribution in [1.82, 2.24) is 25.1 Å². The van der Waals surface area contributed by atoms with Crippen LogP contribution < -0.4 is 11.1 Å². The molecule has 7 heteroatoms. The Morgan fingerprint density at radius 1 is 1.40 bits per heavy atom. The number of nitrogens with one attached hydrogen (secondary N) is 2. The second kappa shape index (κ2) is 3.91. The molecule has 1 unspecified atom stereocenters. The van der Waals surface area contributed by atoms with E-state index in [9.17, 15) is 0 Å². The fourth-order valence-electron chi connectivity index (χ4n) is 1.16. The molecule has 0 saturated carbocycles. The van der Waals surface area contributed by atoms with Gasteiger partial charge in [-0.05, 0) is 6.92 Å². The summed E-state index contributed by atoms with van der Waals surface area (Å²) in [6.45, 7) is 1.93. The molecule has 4 N–H and O–H groups in total. The molecule has 2 rings (SSSR count). The van der Waals surface area contributed by atoms with Crippen LogP contribution in [0.25, 0.3) is 0 Å². The summed E-state index contributed by atoms with van der Waals surface area (Å²) in [5.41, 5.74) is 6.19. The number of nitrogen functional groups attached to an aromatic ring is 1. The highest BCUT2D eigenvalue weighted by atomic mass is 15.2. The highest BCUT2D eigenvalue weighted by molar-refractivity contribution is 5.59. The van der Waals surface area contributed by atoms with E-state index in [0.29, 0.717) is 11.5 Å². The lowest BCUT2D eigenvalue weighted by Gasteiger charge is -2.12. The van der Waals surface area contributed by atoms with Crippen molar-refractivity contribution in [2.45, 2.75) is 13.0 Å². The Kier molecular flexibility index (Phi) is 2.44. The van der Waals surface area contributed by atoms with E-state index in [1.807, 2.05) is 6.92 Å². The maximum absolute atomic E-state index is 5.69. The van der Waals surface area contributed by atoms with Crippen molar-refractivity contribution in [2.75, 3.05) is 11.1 Å². The molecule has 0 fully saturated rings. The molecular formula is C8H11N7. The molecule has 0 radical (unpaired) electrons. The molecule has 0 aliphatic heterocycles. The van der Waals surface area contributed by atoms with Crippen molar-refractivity contribution in [2.24, 2.45) is 0 Å². The molecule has 0 aliphatic rings. The molecule has 7 nitrogen and oxygen atoms in total. The molecule has 0 spiro atoms. The maximum atomic E-state index is 5.69. The van der Waals surface area contributed by atoms with Gasteiger partial charge < -0.3 is 11.1 Å². The highest BCUT2D eigenvalue weighted by Crippen LogP contribution is 2.17. The second-order valence-corrected chi connectivity index (χ2v) is 3.06. The van der Waals surface area contributed by atoms with E-state index in [-0.39, 0.29) is 6.04 Å². The van der Waals surface area contributed by atoms with E-state index < -0.39 is 0 Å². The Hall–Kier alpha value is -2.18. The van der Waals surface area contributed by atoms with E-state index >= 15 is 0 Å². The van der Waals surface area contributed by atoms with E-state index in [1.165, 1.54) is 12.7 Å². The van der Waals surface area contributed by atoms with Crippen molar-refractivity contribution in [3.8, 4) is 0 Å². The predicted octanol–water partition coefficient (Wildman–Crippen LogP) is 0.350. The summed E-state index contributed by atoms with van der Waals surface area (Å²) in [4.78, 5) is 11.9. The van der Waals surface area contributed by atoms with Gasteiger partial charge >= 0.3 is 0 Å². The van der Waals surface area contributed by atoms with Crippen molar-refractivity contribution in [1.29, 1.82) is 0 Å². The Balaban J connectivity index is 2.13. The van der Waals surface area contributed by atoms with Crippen molar-refractivity contribution >= 4 is 11.5 Å². The Morgan fingerprint density at radius 2 is 2.27 bits per heavy atom. The second-order valence-electron chi connectivity index (χ2n) is 3.06. The molecule has 2 aromatic rings. The number of nitrogens with two attached hydrogens (primary N) is 1. The molecule has 2 heterocycles. The molecule has 0 amide bonds. The third-order valence-corrected chi connectivity index (χ3v) is 1.94. The van der Waals surface area contributed by atoms with Crippen LogP contribution >= 0.6 is 0 Å². The summed E-state index contributed by atoms with van der Waals surface area (Å²) in [6.07, 6.45) is 4.44. The Labute approximate surface area is 86.2 Å². The van der Waals surface area contributed by atoms with Gasteiger partial charge in [0.05, 0.1) is 17.9 Å². The van der Waals surface area contributed by atoms with Crippen LogP contribution in [0.1, 0.15) is 18.8 Å². The first-order valence-corrected chi connectivity index (χ1v) is 4.44. The number of H-pyrrole nitrogens is 1. The van der Waals surface area contributed by atoms with Gasteiger partial charge in [0, 0.05) is 0 Å². The lowest BCUT2D eigenvalue weighted by Crippen LogP contribution is -2.11. The maximum Gasteiger partial charge on any atom is 0.153 e. The van der Waals surface area contributed by atoms with Crippen LogP contribution in [-0.4, -0.2) is 25.1 Å². The predicted molar refractivity (Wildman–Crippen MR) is 54.9 cm³/mol. The average molecular weight is 205 g/mol. The largest absolute Gasteiger partial charge is 0.394 e. The molecule has 0 aliphatic carbocycles. The molecule has 0 bridgehead atoms.